The van der Waals surface area contributed by atoms with Crippen LogP contribution in [0.3, 0.4) is 0 Å². The van der Waals surface area contributed by atoms with Gasteiger partial charge in [-0.05, 0) is 43.5 Å². The third kappa shape index (κ3) is 3.03. The van der Waals surface area contributed by atoms with Crippen molar-refractivity contribution in [1.29, 1.82) is 0 Å². The summed E-state index contributed by atoms with van der Waals surface area (Å²) in [4.78, 5) is 4.26. The molecule has 120 valence electrons. The minimum Gasteiger partial charge on any atom is -0.356 e. The highest BCUT2D eigenvalue weighted by Crippen LogP contribution is 2.48. The van der Waals surface area contributed by atoms with Crippen molar-refractivity contribution < 1.29 is 17.6 Å². The summed E-state index contributed by atoms with van der Waals surface area (Å²) in [6.07, 6.45) is -3.06. The average Bonchev–Trinajstić information content (AvgIpc) is 3.11. The first kappa shape index (κ1) is 15.1. The molecule has 1 fully saturated rings. The molecule has 2 N–H and O–H groups in total. The Kier molecular flexibility index (Phi) is 3.53. The van der Waals surface area contributed by atoms with Crippen LogP contribution >= 0.6 is 0 Å². The van der Waals surface area contributed by atoms with Crippen LogP contribution < -0.4 is 10.6 Å². The molecule has 2 aliphatic rings. The molecule has 3 nitrogen and oxygen atoms in total. The lowest BCUT2D eigenvalue weighted by Crippen LogP contribution is -2.41. The van der Waals surface area contributed by atoms with Gasteiger partial charge in [0.15, 0.2) is 5.96 Å². The van der Waals surface area contributed by atoms with Gasteiger partial charge in [0, 0.05) is 18.0 Å². The summed E-state index contributed by atoms with van der Waals surface area (Å²) in [7, 11) is 0. The molecular weight excluding hydrogens is 298 g/mol. The normalized spacial score (nSPS) is 23.0. The van der Waals surface area contributed by atoms with Gasteiger partial charge < -0.3 is 10.6 Å². The van der Waals surface area contributed by atoms with E-state index in [2.05, 4.69) is 15.6 Å². The van der Waals surface area contributed by atoms with Gasteiger partial charge in [0.2, 0.25) is 0 Å². The lowest BCUT2D eigenvalue weighted by molar-refractivity contribution is -0.137. The lowest BCUT2D eigenvalue weighted by Gasteiger charge is -2.19. The zero-order valence-electron chi connectivity index (χ0n) is 12.1. The predicted octanol–water partition coefficient (Wildman–Crippen LogP) is 2.81. The maximum Gasteiger partial charge on any atom is 0.416 e. The first-order valence-electron chi connectivity index (χ1n) is 7.22. The predicted molar refractivity (Wildman–Crippen MR) is 75.2 cm³/mol. The van der Waals surface area contributed by atoms with Crippen molar-refractivity contribution in [3.05, 3.63) is 35.1 Å². The quantitative estimate of drug-likeness (QED) is 0.842. The maximum atomic E-state index is 13.6. The topological polar surface area (TPSA) is 36.4 Å². The van der Waals surface area contributed by atoms with Gasteiger partial charge >= 0.3 is 6.18 Å². The van der Waals surface area contributed by atoms with E-state index in [9.17, 15) is 17.6 Å². The molecule has 1 unspecified atom stereocenters. The fraction of sp³-hybridized carbons (Fsp3) is 0.533. The Bertz CT molecular complexity index is 605. The third-order valence-electron chi connectivity index (χ3n) is 4.19. The second-order valence-electron chi connectivity index (χ2n) is 6.09. The standard InChI is InChI=1S/C15H17F4N3/c1-9-7-20-13(22-9)21-8-14(2-3-14)10-4-11(15(17,18)19)6-12(16)5-10/h4-6,9H,2-3,7-8H2,1H3,(H2,20,21,22). The van der Waals surface area contributed by atoms with E-state index in [4.69, 9.17) is 0 Å². The number of hydrogen-bond donors (Lipinski definition) is 2. The van der Waals surface area contributed by atoms with E-state index in [-0.39, 0.29) is 6.04 Å². The zero-order chi connectivity index (χ0) is 16.0. The van der Waals surface area contributed by atoms with Crippen LogP contribution in [0.15, 0.2) is 23.2 Å². The third-order valence-corrected chi connectivity index (χ3v) is 4.19. The molecule has 1 aliphatic heterocycles. The molecule has 0 spiro atoms. The second kappa shape index (κ2) is 5.14. The summed E-state index contributed by atoms with van der Waals surface area (Å²) in [5, 5.41) is 6.26. The van der Waals surface area contributed by atoms with Crippen molar-refractivity contribution in [1.82, 2.24) is 10.6 Å². The summed E-state index contributed by atoms with van der Waals surface area (Å²) >= 11 is 0. The molecule has 0 saturated heterocycles. The molecule has 1 aliphatic carbocycles. The number of nitrogens with one attached hydrogen (secondary N) is 2. The van der Waals surface area contributed by atoms with E-state index >= 15 is 0 Å². The Hall–Kier alpha value is -1.79. The molecule has 3 rings (SSSR count). The number of halogens is 4. The Labute approximate surface area is 125 Å². The molecule has 22 heavy (non-hydrogen) atoms. The summed E-state index contributed by atoms with van der Waals surface area (Å²) in [5.74, 6) is -0.188. The number of nitrogens with zero attached hydrogens (tertiary/aromatic N) is 1. The van der Waals surface area contributed by atoms with E-state index in [1.807, 2.05) is 6.92 Å². The van der Waals surface area contributed by atoms with Crippen LogP contribution in [0.4, 0.5) is 17.6 Å². The minimum atomic E-state index is -4.53. The van der Waals surface area contributed by atoms with Crippen LogP contribution in [0.1, 0.15) is 30.9 Å². The van der Waals surface area contributed by atoms with E-state index < -0.39 is 23.0 Å². The Balaban J connectivity index is 1.77. The highest BCUT2D eigenvalue weighted by molar-refractivity contribution is 5.81. The van der Waals surface area contributed by atoms with Crippen molar-refractivity contribution in [3.63, 3.8) is 0 Å². The molecule has 7 heteroatoms. The van der Waals surface area contributed by atoms with E-state index in [0.29, 0.717) is 30.7 Å². The fourth-order valence-corrected chi connectivity index (χ4v) is 2.69. The van der Waals surface area contributed by atoms with Crippen LogP contribution in [0.25, 0.3) is 0 Å². The van der Waals surface area contributed by atoms with Crippen molar-refractivity contribution in [2.24, 2.45) is 4.99 Å². The van der Waals surface area contributed by atoms with Gasteiger partial charge in [-0.25, -0.2) is 4.39 Å². The first-order valence-corrected chi connectivity index (χ1v) is 7.22. The fourth-order valence-electron chi connectivity index (χ4n) is 2.69. The number of alkyl halides is 3. The van der Waals surface area contributed by atoms with Gasteiger partial charge in [-0.15, -0.1) is 0 Å². The van der Waals surface area contributed by atoms with Crippen molar-refractivity contribution >= 4 is 5.96 Å². The molecule has 1 aromatic carbocycles. The number of rotatable bonds is 3. The van der Waals surface area contributed by atoms with Gasteiger partial charge in [0.05, 0.1) is 12.1 Å². The summed E-state index contributed by atoms with van der Waals surface area (Å²) in [5.41, 5.74) is -0.962. The van der Waals surface area contributed by atoms with Crippen LogP contribution in [0.2, 0.25) is 0 Å². The van der Waals surface area contributed by atoms with Crippen LogP contribution in [0.5, 0.6) is 0 Å². The minimum absolute atomic E-state index is 0.253. The summed E-state index contributed by atoms with van der Waals surface area (Å²) in [6, 6.07) is 3.06. The first-order chi connectivity index (χ1) is 10.3. The molecule has 1 saturated carbocycles. The molecule has 0 radical (unpaired) electrons. The SMILES string of the molecule is CC1CN=C(NCC2(c3cc(F)cc(C(F)(F)F)c3)CC2)N1. The zero-order valence-corrected chi connectivity index (χ0v) is 12.1. The van der Waals surface area contributed by atoms with Gasteiger partial charge in [-0.2, -0.15) is 13.2 Å². The molecule has 1 heterocycles. The average molecular weight is 315 g/mol. The number of hydrogen-bond acceptors (Lipinski definition) is 3. The van der Waals surface area contributed by atoms with Crippen LogP contribution in [0, 0.1) is 5.82 Å². The largest absolute Gasteiger partial charge is 0.416 e. The molecule has 0 amide bonds. The number of benzene rings is 1. The van der Waals surface area contributed by atoms with E-state index in [1.54, 1.807) is 0 Å². The summed E-state index contributed by atoms with van der Waals surface area (Å²) < 4.78 is 52.0. The monoisotopic (exact) mass is 315 g/mol. The van der Waals surface area contributed by atoms with Crippen molar-refractivity contribution in [3.8, 4) is 0 Å². The number of guanidine groups is 1. The van der Waals surface area contributed by atoms with Crippen molar-refractivity contribution in [2.75, 3.05) is 13.1 Å². The highest BCUT2D eigenvalue weighted by atomic mass is 19.4. The van der Waals surface area contributed by atoms with E-state index in [1.165, 1.54) is 6.07 Å². The molecule has 0 aromatic heterocycles. The maximum absolute atomic E-state index is 13.6. The van der Waals surface area contributed by atoms with Gasteiger partial charge in [0.25, 0.3) is 0 Å². The molecule has 1 aromatic rings. The molecule has 1 atom stereocenters. The Morgan fingerprint density at radius 2 is 2.05 bits per heavy atom. The number of aliphatic imine (C=N–C) groups is 1. The lowest BCUT2D eigenvalue weighted by atomic mass is 9.94. The Morgan fingerprint density at radius 3 is 2.59 bits per heavy atom. The van der Waals surface area contributed by atoms with Gasteiger partial charge in [-0.3, -0.25) is 4.99 Å². The van der Waals surface area contributed by atoms with Gasteiger partial charge in [0.1, 0.15) is 5.82 Å². The molecular formula is C15H17F4N3. The smallest absolute Gasteiger partial charge is 0.356 e. The highest BCUT2D eigenvalue weighted by Gasteiger charge is 2.45. The second-order valence-corrected chi connectivity index (χ2v) is 6.09. The van der Waals surface area contributed by atoms with Gasteiger partial charge in [-0.1, -0.05) is 0 Å². The molecule has 0 bridgehead atoms. The van der Waals surface area contributed by atoms with Crippen molar-refractivity contribution in [2.45, 2.75) is 37.4 Å². The van der Waals surface area contributed by atoms with E-state index in [0.717, 1.165) is 18.9 Å². The van der Waals surface area contributed by atoms with Crippen LogP contribution in [-0.2, 0) is 11.6 Å². The summed E-state index contributed by atoms with van der Waals surface area (Å²) in [6.45, 7) is 3.12. The van der Waals surface area contributed by atoms with Crippen LogP contribution in [-0.4, -0.2) is 25.1 Å². The Morgan fingerprint density at radius 1 is 1.32 bits per heavy atom.